The lowest BCUT2D eigenvalue weighted by molar-refractivity contribution is -0.127. The van der Waals surface area contributed by atoms with Crippen LogP contribution in [0.5, 0.6) is 0 Å². The molecule has 2 heterocycles. The van der Waals surface area contributed by atoms with Crippen molar-refractivity contribution in [1.82, 2.24) is 14.2 Å². The maximum atomic E-state index is 12.6. The number of hydrogen-bond donors (Lipinski definition) is 0. The Morgan fingerprint density at radius 3 is 2.41 bits per heavy atom. The van der Waals surface area contributed by atoms with Crippen molar-refractivity contribution in [2.75, 3.05) is 26.2 Å². The lowest BCUT2D eigenvalue weighted by Crippen LogP contribution is -2.50. The average Bonchev–Trinajstić information content (AvgIpc) is 3.15. The monoisotopic (exact) mass is 411 g/mol. The molecule has 0 saturated carbocycles. The summed E-state index contributed by atoms with van der Waals surface area (Å²) in [6.45, 7) is 1.28. The number of hydrogen-bond acceptors (Lipinski definition) is 5. The summed E-state index contributed by atoms with van der Waals surface area (Å²) in [4.78, 5) is 18.4. The summed E-state index contributed by atoms with van der Waals surface area (Å²) >= 11 is 0. The molecule has 0 bridgehead atoms. The topological polar surface area (TPSA) is 83.7 Å². The Labute approximate surface area is 169 Å². The zero-order valence-corrected chi connectivity index (χ0v) is 16.6. The van der Waals surface area contributed by atoms with Gasteiger partial charge in [-0.15, -0.1) is 0 Å². The minimum atomic E-state index is -3.40. The van der Waals surface area contributed by atoms with Gasteiger partial charge in [-0.2, -0.15) is 4.31 Å². The number of fused-ring (bicyclic) bond motifs is 1. The zero-order chi connectivity index (χ0) is 20.3. The summed E-state index contributed by atoms with van der Waals surface area (Å²) < 4.78 is 32.3. The van der Waals surface area contributed by atoms with E-state index in [4.69, 9.17) is 4.42 Å². The predicted octanol–water partition coefficient (Wildman–Crippen LogP) is 2.52. The van der Waals surface area contributed by atoms with Crippen LogP contribution in [0.15, 0.2) is 65.1 Å². The van der Waals surface area contributed by atoms with Crippen LogP contribution in [0.4, 0.5) is 0 Å². The summed E-state index contributed by atoms with van der Waals surface area (Å²) in [5, 5.41) is 0. The van der Waals surface area contributed by atoms with Crippen molar-refractivity contribution in [3.8, 4) is 0 Å². The summed E-state index contributed by atoms with van der Waals surface area (Å²) in [6.07, 6.45) is 2.96. The number of oxazole rings is 1. The van der Waals surface area contributed by atoms with Crippen molar-refractivity contribution in [2.45, 2.75) is 5.75 Å². The van der Waals surface area contributed by atoms with Crippen LogP contribution in [0.1, 0.15) is 11.5 Å². The van der Waals surface area contributed by atoms with E-state index in [0.29, 0.717) is 24.6 Å². The van der Waals surface area contributed by atoms with E-state index in [1.807, 2.05) is 42.5 Å². The molecule has 1 amide bonds. The highest BCUT2D eigenvalue weighted by atomic mass is 32.2. The predicted molar refractivity (Wildman–Crippen MR) is 110 cm³/mol. The molecule has 0 unspecified atom stereocenters. The van der Waals surface area contributed by atoms with E-state index in [1.165, 1.54) is 10.4 Å². The van der Waals surface area contributed by atoms with Crippen molar-refractivity contribution in [2.24, 2.45) is 0 Å². The van der Waals surface area contributed by atoms with Crippen LogP contribution in [-0.2, 0) is 20.6 Å². The van der Waals surface area contributed by atoms with Gasteiger partial charge < -0.3 is 9.32 Å². The maximum Gasteiger partial charge on any atom is 0.246 e. The van der Waals surface area contributed by atoms with Crippen LogP contribution < -0.4 is 0 Å². The van der Waals surface area contributed by atoms with Crippen molar-refractivity contribution in [3.05, 3.63) is 72.1 Å². The summed E-state index contributed by atoms with van der Waals surface area (Å²) in [6, 6.07) is 16.5. The van der Waals surface area contributed by atoms with Gasteiger partial charge >= 0.3 is 0 Å². The highest BCUT2D eigenvalue weighted by Crippen LogP contribution is 2.16. The second kappa shape index (κ2) is 8.18. The van der Waals surface area contributed by atoms with Gasteiger partial charge in [0.25, 0.3) is 0 Å². The molecule has 1 aliphatic rings. The van der Waals surface area contributed by atoms with Crippen LogP contribution in [0.3, 0.4) is 0 Å². The number of piperazine rings is 1. The molecule has 0 atom stereocenters. The molecule has 1 fully saturated rings. The van der Waals surface area contributed by atoms with Gasteiger partial charge in [0, 0.05) is 38.3 Å². The van der Waals surface area contributed by atoms with Gasteiger partial charge in [0.1, 0.15) is 5.52 Å². The van der Waals surface area contributed by atoms with Gasteiger partial charge in [0.15, 0.2) is 5.58 Å². The molecule has 1 aliphatic heterocycles. The molecule has 0 aliphatic carbocycles. The minimum Gasteiger partial charge on any atom is -0.437 e. The van der Waals surface area contributed by atoms with Gasteiger partial charge in [-0.05, 0) is 17.7 Å². The van der Waals surface area contributed by atoms with Gasteiger partial charge in [0.2, 0.25) is 21.8 Å². The average molecular weight is 411 g/mol. The molecule has 29 heavy (non-hydrogen) atoms. The third-order valence-electron chi connectivity index (χ3n) is 4.81. The lowest BCUT2D eigenvalue weighted by Gasteiger charge is -2.33. The maximum absolute atomic E-state index is 12.6. The number of para-hydroxylation sites is 2. The van der Waals surface area contributed by atoms with Crippen LogP contribution >= 0.6 is 0 Å². The molecule has 0 N–H and O–H groups in total. The summed E-state index contributed by atoms with van der Waals surface area (Å²) in [5.41, 5.74) is 2.15. The standard InChI is InChI=1S/C21H21N3O4S/c25-21(11-10-20-22-18-8-4-5-9-19(18)28-20)23-12-14-24(15-13-23)29(26,27)16-17-6-2-1-3-7-17/h1-11H,12-16H2. The molecule has 8 heteroatoms. The van der Waals surface area contributed by atoms with Crippen LogP contribution in [0.2, 0.25) is 0 Å². The quantitative estimate of drug-likeness (QED) is 0.603. The van der Waals surface area contributed by atoms with Crippen LogP contribution in [0.25, 0.3) is 17.2 Å². The largest absolute Gasteiger partial charge is 0.437 e. The molecule has 2 aromatic carbocycles. The van der Waals surface area contributed by atoms with E-state index < -0.39 is 10.0 Å². The first-order valence-corrected chi connectivity index (χ1v) is 11.0. The normalized spacial score (nSPS) is 15.9. The van der Waals surface area contributed by atoms with E-state index in [1.54, 1.807) is 23.1 Å². The molecule has 0 spiro atoms. The fourth-order valence-electron chi connectivity index (χ4n) is 3.27. The van der Waals surface area contributed by atoms with E-state index in [9.17, 15) is 13.2 Å². The molecule has 3 aromatic rings. The SMILES string of the molecule is O=C(C=Cc1nc2ccccc2o1)N1CCN(S(=O)(=O)Cc2ccccc2)CC1. The number of sulfonamides is 1. The van der Waals surface area contributed by atoms with Crippen molar-refractivity contribution < 1.29 is 17.6 Å². The number of aromatic nitrogens is 1. The Bertz CT molecular complexity index is 1100. The molecule has 0 radical (unpaired) electrons. The fraction of sp³-hybridized carbons (Fsp3) is 0.238. The first kappa shape index (κ1) is 19.4. The Hall–Kier alpha value is -2.97. The molecule has 4 rings (SSSR count). The zero-order valence-electron chi connectivity index (χ0n) is 15.8. The molecular formula is C21H21N3O4S. The first-order valence-electron chi connectivity index (χ1n) is 9.35. The number of benzene rings is 2. The Morgan fingerprint density at radius 1 is 1.00 bits per heavy atom. The van der Waals surface area contributed by atoms with Gasteiger partial charge in [-0.3, -0.25) is 4.79 Å². The van der Waals surface area contributed by atoms with Gasteiger partial charge in [0.05, 0.1) is 5.75 Å². The molecular weight excluding hydrogens is 390 g/mol. The van der Waals surface area contributed by atoms with Crippen molar-refractivity contribution in [3.63, 3.8) is 0 Å². The Balaban J connectivity index is 1.34. The number of amides is 1. The van der Waals surface area contributed by atoms with Gasteiger partial charge in [-0.1, -0.05) is 42.5 Å². The molecule has 1 saturated heterocycles. The van der Waals surface area contributed by atoms with E-state index in [0.717, 1.165) is 11.1 Å². The minimum absolute atomic E-state index is 0.0284. The van der Waals surface area contributed by atoms with E-state index in [2.05, 4.69) is 4.98 Å². The van der Waals surface area contributed by atoms with E-state index >= 15 is 0 Å². The molecule has 150 valence electrons. The van der Waals surface area contributed by atoms with E-state index in [-0.39, 0.29) is 24.7 Å². The van der Waals surface area contributed by atoms with Crippen molar-refractivity contribution >= 4 is 33.1 Å². The number of nitrogens with zero attached hydrogens (tertiary/aromatic N) is 3. The van der Waals surface area contributed by atoms with Gasteiger partial charge in [-0.25, -0.2) is 13.4 Å². The highest BCUT2D eigenvalue weighted by Gasteiger charge is 2.28. The number of carbonyl (C=O) groups is 1. The fourth-order valence-corrected chi connectivity index (χ4v) is 4.79. The third-order valence-corrected chi connectivity index (χ3v) is 6.66. The second-order valence-electron chi connectivity index (χ2n) is 6.82. The highest BCUT2D eigenvalue weighted by molar-refractivity contribution is 7.88. The summed E-state index contributed by atoms with van der Waals surface area (Å²) in [7, 11) is -3.40. The smallest absolute Gasteiger partial charge is 0.246 e. The second-order valence-corrected chi connectivity index (χ2v) is 8.79. The summed E-state index contributed by atoms with van der Waals surface area (Å²) in [5.74, 6) is 0.148. The van der Waals surface area contributed by atoms with Crippen molar-refractivity contribution in [1.29, 1.82) is 0 Å². The third kappa shape index (κ3) is 4.55. The Kier molecular flexibility index (Phi) is 5.46. The first-order chi connectivity index (χ1) is 14.0. The van der Waals surface area contributed by atoms with Crippen LogP contribution in [0, 0.1) is 0 Å². The number of carbonyl (C=O) groups excluding carboxylic acids is 1. The lowest BCUT2D eigenvalue weighted by atomic mass is 10.2. The molecule has 7 nitrogen and oxygen atoms in total. The molecule has 1 aromatic heterocycles. The number of rotatable bonds is 5. The van der Waals surface area contributed by atoms with Crippen LogP contribution in [-0.4, -0.2) is 54.7 Å². The Morgan fingerprint density at radius 2 is 1.69 bits per heavy atom.